The summed E-state index contributed by atoms with van der Waals surface area (Å²) in [4.78, 5) is 0. The van der Waals surface area contributed by atoms with Crippen molar-refractivity contribution in [2.45, 2.75) is 50.2 Å². The predicted molar refractivity (Wildman–Crippen MR) is 44.1 cm³/mol. The molecule has 2 rings (SSSR count). The third-order valence-corrected chi connectivity index (χ3v) is 3.56. The van der Waals surface area contributed by atoms with E-state index in [2.05, 4.69) is 0 Å². The van der Waals surface area contributed by atoms with Gasteiger partial charge in [0.15, 0.2) is 0 Å². The van der Waals surface area contributed by atoms with Crippen LogP contribution < -0.4 is 5.73 Å². The summed E-state index contributed by atoms with van der Waals surface area (Å²) in [6, 6.07) is 0.0628. The molecule has 2 aliphatic carbocycles. The van der Waals surface area contributed by atoms with Crippen molar-refractivity contribution in [2.75, 3.05) is 0 Å². The molecule has 0 aromatic carbocycles. The van der Waals surface area contributed by atoms with Crippen LogP contribution in [0.1, 0.15) is 38.5 Å². The van der Waals surface area contributed by atoms with E-state index in [0.717, 1.165) is 19.3 Å². The zero-order valence-corrected chi connectivity index (χ0v) is 6.92. The normalized spacial score (nSPS) is 50.7. The zero-order chi connectivity index (χ0) is 7.90. The third kappa shape index (κ3) is 1.00. The molecule has 2 heteroatoms. The van der Waals surface area contributed by atoms with Crippen molar-refractivity contribution in [3.63, 3.8) is 0 Å². The largest absolute Gasteiger partial charge is 0.388 e. The van der Waals surface area contributed by atoms with E-state index in [4.69, 9.17) is 5.73 Å². The Kier molecular flexibility index (Phi) is 1.69. The molecular weight excluding hydrogens is 138 g/mol. The molecule has 0 heterocycles. The Balaban J connectivity index is 2.16. The van der Waals surface area contributed by atoms with Crippen LogP contribution in [0.4, 0.5) is 0 Å². The number of hydrogen-bond acceptors (Lipinski definition) is 2. The summed E-state index contributed by atoms with van der Waals surface area (Å²) in [5, 5.41) is 10.2. The molecule has 2 nitrogen and oxygen atoms in total. The van der Waals surface area contributed by atoms with Crippen LogP contribution in [-0.4, -0.2) is 16.7 Å². The molecule has 0 aliphatic heterocycles. The SMILES string of the molecule is NC1CCC2CCCCC12O. The average Bonchev–Trinajstić information content (AvgIpc) is 2.29. The molecule has 0 amide bonds. The van der Waals surface area contributed by atoms with E-state index in [9.17, 15) is 5.11 Å². The first-order valence-corrected chi connectivity index (χ1v) is 4.71. The fourth-order valence-electron chi connectivity index (χ4n) is 2.77. The molecule has 11 heavy (non-hydrogen) atoms. The van der Waals surface area contributed by atoms with Gasteiger partial charge in [0.05, 0.1) is 5.60 Å². The predicted octanol–water partition coefficient (Wildman–Crippen LogP) is 1.03. The van der Waals surface area contributed by atoms with Gasteiger partial charge in [-0.25, -0.2) is 0 Å². The van der Waals surface area contributed by atoms with Gasteiger partial charge in [0.2, 0.25) is 0 Å². The van der Waals surface area contributed by atoms with Gasteiger partial charge in [-0.2, -0.15) is 0 Å². The monoisotopic (exact) mass is 155 g/mol. The highest BCUT2D eigenvalue weighted by Gasteiger charge is 2.47. The van der Waals surface area contributed by atoms with Crippen molar-refractivity contribution in [3.8, 4) is 0 Å². The molecule has 0 aromatic rings. The molecule has 0 aromatic heterocycles. The molecule has 0 radical (unpaired) electrons. The minimum atomic E-state index is -0.474. The lowest BCUT2D eigenvalue weighted by molar-refractivity contribution is -0.0386. The second-order valence-corrected chi connectivity index (χ2v) is 4.12. The minimum absolute atomic E-state index is 0.0628. The molecule has 64 valence electrons. The van der Waals surface area contributed by atoms with Crippen LogP contribution >= 0.6 is 0 Å². The second-order valence-electron chi connectivity index (χ2n) is 4.12. The molecule has 0 bridgehead atoms. The summed E-state index contributed by atoms with van der Waals surface area (Å²) in [7, 11) is 0. The molecule has 3 N–H and O–H groups in total. The summed E-state index contributed by atoms with van der Waals surface area (Å²) in [6.45, 7) is 0. The highest BCUT2D eigenvalue weighted by atomic mass is 16.3. The molecule has 3 atom stereocenters. The average molecular weight is 155 g/mol. The lowest BCUT2D eigenvalue weighted by atomic mass is 9.76. The first-order chi connectivity index (χ1) is 5.23. The van der Waals surface area contributed by atoms with E-state index in [-0.39, 0.29) is 6.04 Å². The first kappa shape index (κ1) is 7.56. The van der Waals surface area contributed by atoms with Crippen LogP contribution in [0.25, 0.3) is 0 Å². The van der Waals surface area contributed by atoms with E-state index in [1.54, 1.807) is 0 Å². The van der Waals surface area contributed by atoms with E-state index in [0.29, 0.717) is 5.92 Å². The number of rotatable bonds is 0. The van der Waals surface area contributed by atoms with Crippen molar-refractivity contribution in [1.82, 2.24) is 0 Å². The van der Waals surface area contributed by atoms with Crippen LogP contribution in [-0.2, 0) is 0 Å². The summed E-state index contributed by atoms with van der Waals surface area (Å²) in [5.74, 6) is 0.520. The van der Waals surface area contributed by atoms with Crippen molar-refractivity contribution in [1.29, 1.82) is 0 Å². The number of aliphatic hydroxyl groups is 1. The van der Waals surface area contributed by atoms with E-state index in [1.807, 2.05) is 0 Å². The van der Waals surface area contributed by atoms with Gasteiger partial charge in [-0.3, -0.25) is 0 Å². The molecule has 3 unspecified atom stereocenters. The Bertz CT molecular complexity index is 158. The van der Waals surface area contributed by atoms with Crippen molar-refractivity contribution in [2.24, 2.45) is 11.7 Å². The number of hydrogen-bond donors (Lipinski definition) is 2. The number of fused-ring (bicyclic) bond motifs is 1. The van der Waals surface area contributed by atoms with Gasteiger partial charge in [0, 0.05) is 6.04 Å². The van der Waals surface area contributed by atoms with Gasteiger partial charge in [-0.1, -0.05) is 12.8 Å². The zero-order valence-electron chi connectivity index (χ0n) is 6.92. The lowest BCUT2D eigenvalue weighted by Crippen LogP contribution is -2.49. The molecule has 2 aliphatic rings. The van der Waals surface area contributed by atoms with Gasteiger partial charge in [-0.05, 0) is 31.6 Å². The van der Waals surface area contributed by atoms with Crippen LogP contribution in [0.5, 0.6) is 0 Å². The van der Waals surface area contributed by atoms with Gasteiger partial charge < -0.3 is 10.8 Å². The maximum absolute atomic E-state index is 10.2. The van der Waals surface area contributed by atoms with Crippen LogP contribution in [0.2, 0.25) is 0 Å². The summed E-state index contributed by atoms with van der Waals surface area (Å²) in [5.41, 5.74) is 5.40. The third-order valence-electron chi connectivity index (χ3n) is 3.56. The molecule has 0 saturated heterocycles. The summed E-state index contributed by atoms with van der Waals surface area (Å²) in [6.07, 6.45) is 6.78. The van der Waals surface area contributed by atoms with Crippen molar-refractivity contribution < 1.29 is 5.11 Å². The molecular formula is C9H17NO. The molecule has 2 saturated carbocycles. The molecule has 2 fully saturated rings. The Morgan fingerprint density at radius 2 is 2.00 bits per heavy atom. The van der Waals surface area contributed by atoms with Gasteiger partial charge >= 0.3 is 0 Å². The Morgan fingerprint density at radius 3 is 2.73 bits per heavy atom. The smallest absolute Gasteiger partial charge is 0.0825 e. The molecule has 0 spiro atoms. The van der Waals surface area contributed by atoms with E-state index < -0.39 is 5.60 Å². The maximum atomic E-state index is 10.2. The lowest BCUT2D eigenvalue weighted by Gasteiger charge is -2.37. The van der Waals surface area contributed by atoms with E-state index in [1.165, 1.54) is 19.3 Å². The van der Waals surface area contributed by atoms with Gasteiger partial charge in [0.25, 0.3) is 0 Å². The van der Waals surface area contributed by atoms with E-state index >= 15 is 0 Å². The Hall–Kier alpha value is -0.0800. The Morgan fingerprint density at radius 1 is 1.18 bits per heavy atom. The topological polar surface area (TPSA) is 46.2 Å². The van der Waals surface area contributed by atoms with Crippen LogP contribution in [0, 0.1) is 5.92 Å². The highest BCUT2D eigenvalue weighted by Crippen LogP contribution is 2.44. The van der Waals surface area contributed by atoms with Gasteiger partial charge in [-0.15, -0.1) is 0 Å². The van der Waals surface area contributed by atoms with Crippen LogP contribution in [0.15, 0.2) is 0 Å². The van der Waals surface area contributed by atoms with Gasteiger partial charge in [0.1, 0.15) is 0 Å². The Labute approximate surface area is 67.8 Å². The summed E-state index contributed by atoms with van der Waals surface area (Å²) < 4.78 is 0. The highest BCUT2D eigenvalue weighted by molar-refractivity contribution is 5.02. The second kappa shape index (κ2) is 2.46. The van der Waals surface area contributed by atoms with Crippen molar-refractivity contribution >= 4 is 0 Å². The van der Waals surface area contributed by atoms with Crippen molar-refractivity contribution in [3.05, 3.63) is 0 Å². The standard InChI is InChI=1S/C9H17NO/c10-8-5-4-7-3-1-2-6-9(7,8)11/h7-8,11H,1-6,10H2. The number of nitrogens with two attached hydrogens (primary N) is 1. The fourth-order valence-corrected chi connectivity index (χ4v) is 2.77. The summed E-state index contributed by atoms with van der Waals surface area (Å²) >= 11 is 0. The minimum Gasteiger partial charge on any atom is -0.388 e. The first-order valence-electron chi connectivity index (χ1n) is 4.71. The fraction of sp³-hybridized carbons (Fsp3) is 1.00. The quantitative estimate of drug-likeness (QED) is 0.549. The van der Waals surface area contributed by atoms with Crippen LogP contribution in [0.3, 0.4) is 0 Å². The maximum Gasteiger partial charge on any atom is 0.0825 e.